The predicted molar refractivity (Wildman–Crippen MR) is 92.9 cm³/mol. The zero-order chi connectivity index (χ0) is 16.5. The van der Waals surface area contributed by atoms with Gasteiger partial charge in [0.1, 0.15) is 5.75 Å². The molecule has 1 aliphatic carbocycles. The molecule has 0 aromatic heterocycles. The van der Waals surface area contributed by atoms with Gasteiger partial charge < -0.3 is 9.84 Å². The number of carboxylic acid groups (broad SMARTS) is 1. The van der Waals surface area contributed by atoms with Gasteiger partial charge in [0.05, 0.1) is 12.5 Å². The highest BCUT2D eigenvalue weighted by atomic mass is 16.5. The Bertz CT molecular complexity index is 460. The zero-order valence-electron chi connectivity index (χ0n) is 14.3. The molecule has 23 heavy (non-hydrogen) atoms. The molecule has 1 unspecified atom stereocenters. The molecule has 0 amide bonds. The van der Waals surface area contributed by atoms with E-state index in [9.17, 15) is 4.79 Å². The summed E-state index contributed by atoms with van der Waals surface area (Å²) in [6.07, 6.45) is 11.4. The molecule has 1 fully saturated rings. The normalized spacial score (nSPS) is 16.9. The van der Waals surface area contributed by atoms with E-state index in [0.29, 0.717) is 6.42 Å². The lowest BCUT2D eigenvalue weighted by molar-refractivity contribution is -0.141. The zero-order valence-corrected chi connectivity index (χ0v) is 14.3. The van der Waals surface area contributed by atoms with Crippen molar-refractivity contribution in [1.29, 1.82) is 0 Å². The summed E-state index contributed by atoms with van der Waals surface area (Å²) in [7, 11) is 0. The van der Waals surface area contributed by atoms with E-state index >= 15 is 0 Å². The number of ether oxygens (including phenoxy) is 1. The van der Waals surface area contributed by atoms with E-state index < -0.39 is 5.97 Å². The number of hydrogen-bond acceptors (Lipinski definition) is 2. The molecule has 0 radical (unpaired) electrons. The Morgan fingerprint density at radius 3 is 2.52 bits per heavy atom. The number of hydrogen-bond donors (Lipinski definition) is 1. The number of carbonyl (C=O) groups is 1. The standard InChI is InChI=1S/C20H30O3/c1-16(20(21)22)15-18-10-12-19(13-11-18)23-14-6-5-9-17-7-3-2-4-8-17/h10-13,16-17H,2-9,14-15H2,1H3,(H,21,22). The summed E-state index contributed by atoms with van der Waals surface area (Å²) in [5, 5.41) is 8.93. The first-order chi connectivity index (χ1) is 11.1. The van der Waals surface area contributed by atoms with E-state index in [1.165, 1.54) is 44.9 Å². The molecule has 0 aliphatic heterocycles. The van der Waals surface area contributed by atoms with Crippen molar-refractivity contribution in [2.75, 3.05) is 6.61 Å². The minimum Gasteiger partial charge on any atom is -0.494 e. The smallest absolute Gasteiger partial charge is 0.306 e. The highest BCUT2D eigenvalue weighted by Crippen LogP contribution is 2.27. The van der Waals surface area contributed by atoms with Crippen molar-refractivity contribution in [3.8, 4) is 5.75 Å². The van der Waals surface area contributed by atoms with Crippen LogP contribution in [0.15, 0.2) is 24.3 Å². The van der Waals surface area contributed by atoms with Crippen LogP contribution in [0.4, 0.5) is 0 Å². The number of carboxylic acids is 1. The largest absolute Gasteiger partial charge is 0.494 e. The van der Waals surface area contributed by atoms with Gasteiger partial charge in [0.15, 0.2) is 0 Å². The summed E-state index contributed by atoms with van der Waals surface area (Å²) in [5.41, 5.74) is 1.05. The summed E-state index contributed by atoms with van der Waals surface area (Å²) >= 11 is 0. The van der Waals surface area contributed by atoms with Crippen LogP contribution in [0.3, 0.4) is 0 Å². The van der Waals surface area contributed by atoms with Gasteiger partial charge in [-0.25, -0.2) is 0 Å². The first-order valence-electron chi connectivity index (χ1n) is 9.09. The third-order valence-corrected chi connectivity index (χ3v) is 4.89. The Labute approximate surface area is 140 Å². The average molecular weight is 318 g/mol. The van der Waals surface area contributed by atoms with Crippen LogP contribution in [0.5, 0.6) is 5.75 Å². The maximum atomic E-state index is 10.9. The minimum absolute atomic E-state index is 0.346. The van der Waals surface area contributed by atoms with E-state index in [1.807, 2.05) is 24.3 Å². The predicted octanol–water partition coefficient (Wildman–Crippen LogP) is 5.08. The number of unbranched alkanes of at least 4 members (excludes halogenated alkanes) is 1. The highest BCUT2D eigenvalue weighted by Gasteiger charge is 2.13. The Morgan fingerprint density at radius 1 is 1.17 bits per heavy atom. The van der Waals surface area contributed by atoms with Crippen LogP contribution in [0, 0.1) is 11.8 Å². The van der Waals surface area contributed by atoms with E-state index in [1.54, 1.807) is 6.92 Å². The quantitative estimate of drug-likeness (QED) is 0.646. The third kappa shape index (κ3) is 6.64. The van der Waals surface area contributed by atoms with Gasteiger partial charge >= 0.3 is 5.97 Å². The number of benzene rings is 1. The van der Waals surface area contributed by atoms with Crippen molar-refractivity contribution in [3.05, 3.63) is 29.8 Å². The van der Waals surface area contributed by atoms with Gasteiger partial charge in [0, 0.05) is 0 Å². The lowest BCUT2D eigenvalue weighted by atomic mass is 9.86. The van der Waals surface area contributed by atoms with Crippen LogP contribution in [0.1, 0.15) is 63.9 Å². The molecule has 3 nitrogen and oxygen atoms in total. The molecule has 0 bridgehead atoms. The van der Waals surface area contributed by atoms with Crippen LogP contribution < -0.4 is 4.74 Å². The second kappa shape index (κ2) is 9.59. The molecule has 0 saturated heterocycles. The van der Waals surface area contributed by atoms with Crippen molar-refractivity contribution < 1.29 is 14.6 Å². The molecule has 1 N–H and O–H groups in total. The fourth-order valence-electron chi connectivity index (χ4n) is 3.36. The summed E-state index contributed by atoms with van der Waals surface area (Å²) in [5.74, 6) is 0.749. The Morgan fingerprint density at radius 2 is 1.87 bits per heavy atom. The van der Waals surface area contributed by atoms with E-state index in [2.05, 4.69) is 0 Å². The Kier molecular flexibility index (Phi) is 7.44. The van der Waals surface area contributed by atoms with Crippen LogP contribution in [-0.4, -0.2) is 17.7 Å². The molecule has 0 spiro atoms. The van der Waals surface area contributed by atoms with Crippen LogP contribution in [-0.2, 0) is 11.2 Å². The van der Waals surface area contributed by atoms with Crippen LogP contribution >= 0.6 is 0 Å². The van der Waals surface area contributed by atoms with Crippen molar-refractivity contribution >= 4 is 5.97 Å². The van der Waals surface area contributed by atoms with E-state index in [0.717, 1.165) is 30.3 Å². The first-order valence-corrected chi connectivity index (χ1v) is 9.09. The maximum absolute atomic E-state index is 10.9. The third-order valence-electron chi connectivity index (χ3n) is 4.89. The van der Waals surface area contributed by atoms with Gasteiger partial charge in [-0.15, -0.1) is 0 Å². The molecule has 1 aromatic carbocycles. The topological polar surface area (TPSA) is 46.5 Å². The number of aliphatic carboxylic acids is 1. The lowest BCUT2D eigenvalue weighted by Crippen LogP contribution is -2.12. The van der Waals surface area contributed by atoms with Crippen LogP contribution in [0.2, 0.25) is 0 Å². The SMILES string of the molecule is CC(Cc1ccc(OCCCCC2CCCCC2)cc1)C(=O)O. The summed E-state index contributed by atoms with van der Waals surface area (Å²) in [4.78, 5) is 10.9. The molecule has 1 aliphatic rings. The molecule has 1 aromatic rings. The van der Waals surface area contributed by atoms with Gasteiger partial charge in [-0.3, -0.25) is 4.79 Å². The summed E-state index contributed by atoms with van der Waals surface area (Å²) < 4.78 is 5.79. The van der Waals surface area contributed by atoms with Gasteiger partial charge in [0.25, 0.3) is 0 Å². The van der Waals surface area contributed by atoms with Crippen molar-refractivity contribution in [2.45, 2.75) is 64.7 Å². The Hall–Kier alpha value is -1.51. The fraction of sp³-hybridized carbons (Fsp3) is 0.650. The molecule has 3 heteroatoms. The molecule has 2 rings (SSSR count). The fourth-order valence-corrected chi connectivity index (χ4v) is 3.36. The summed E-state index contributed by atoms with van der Waals surface area (Å²) in [6, 6.07) is 7.84. The highest BCUT2D eigenvalue weighted by molar-refractivity contribution is 5.69. The molecule has 128 valence electrons. The molecular formula is C20H30O3. The second-order valence-electron chi connectivity index (χ2n) is 6.94. The minimum atomic E-state index is -0.747. The van der Waals surface area contributed by atoms with Crippen LogP contribution in [0.25, 0.3) is 0 Å². The van der Waals surface area contributed by atoms with Crippen molar-refractivity contribution in [2.24, 2.45) is 11.8 Å². The lowest BCUT2D eigenvalue weighted by Gasteiger charge is -2.21. The molecule has 0 heterocycles. The maximum Gasteiger partial charge on any atom is 0.306 e. The second-order valence-corrected chi connectivity index (χ2v) is 6.94. The first kappa shape index (κ1) is 17.8. The van der Waals surface area contributed by atoms with Gasteiger partial charge in [-0.05, 0) is 42.9 Å². The van der Waals surface area contributed by atoms with Crippen molar-refractivity contribution in [1.82, 2.24) is 0 Å². The summed E-state index contributed by atoms with van der Waals surface area (Å²) in [6.45, 7) is 2.51. The average Bonchev–Trinajstić information content (AvgIpc) is 2.57. The molecule has 1 saturated carbocycles. The van der Waals surface area contributed by atoms with E-state index in [-0.39, 0.29) is 5.92 Å². The van der Waals surface area contributed by atoms with E-state index in [4.69, 9.17) is 9.84 Å². The van der Waals surface area contributed by atoms with Gasteiger partial charge in [-0.2, -0.15) is 0 Å². The molecular weight excluding hydrogens is 288 g/mol. The van der Waals surface area contributed by atoms with Crippen molar-refractivity contribution in [3.63, 3.8) is 0 Å². The number of rotatable bonds is 9. The van der Waals surface area contributed by atoms with Gasteiger partial charge in [-0.1, -0.05) is 57.6 Å². The monoisotopic (exact) mass is 318 g/mol. The Balaban J connectivity index is 1.61. The van der Waals surface area contributed by atoms with Gasteiger partial charge in [0.2, 0.25) is 0 Å². The molecule has 1 atom stereocenters.